The highest BCUT2D eigenvalue weighted by atomic mass is 32.2. The number of esters is 1. The molecule has 1 aromatic carbocycles. The Kier molecular flexibility index (Phi) is 11.4. The van der Waals surface area contributed by atoms with Crippen LogP contribution in [0.5, 0.6) is 0 Å². The van der Waals surface area contributed by atoms with Crippen LogP contribution in [0.3, 0.4) is 0 Å². The van der Waals surface area contributed by atoms with Crippen LogP contribution in [0.25, 0.3) is 0 Å². The predicted octanol–water partition coefficient (Wildman–Crippen LogP) is 2.63. The fourth-order valence-corrected chi connectivity index (χ4v) is 6.77. The van der Waals surface area contributed by atoms with Gasteiger partial charge in [-0.05, 0) is 28.7 Å². The van der Waals surface area contributed by atoms with Gasteiger partial charge in [0.1, 0.15) is 29.4 Å². The summed E-state index contributed by atoms with van der Waals surface area (Å²) in [4.78, 5) is 81.8. The highest BCUT2D eigenvalue weighted by Crippen LogP contribution is 2.41. The van der Waals surface area contributed by atoms with Gasteiger partial charge in [0.2, 0.25) is 6.61 Å². The van der Waals surface area contributed by atoms with Crippen molar-refractivity contribution >= 4 is 81.1 Å². The smallest absolute Gasteiger partial charge is 0.471 e. The standard InChI is InChI=1S/C26H21F3N6O10S3/c1-2-46-9-13-10-47-22-18(21(38)34(22)19(13)23(39)40)31-20(37)17(15-11-48-25(30-15)32-24(41)26(27,28)29)33-45-8-16(36)44-7-12-3-5-14(6-4-12)35(42)43/h2-6,11,18,22H,1,7-10H2,(H,31,37)(H,39,40)(H,30,32,41)/t18?,22-/m0/s1. The van der Waals surface area contributed by atoms with Crippen LogP contribution in [0, 0.1) is 10.1 Å². The van der Waals surface area contributed by atoms with E-state index < -0.39 is 75.3 Å². The number of carbonyl (C=O) groups excluding carboxylic acids is 4. The lowest BCUT2D eigenvalue weighted by Crippen LogP contribution is -2.71. The van der Waals surface area contributed by atoms with Crippen LogP contribution in [0.15, 0.2) is 58.1 Å². The maximum absolute atomic E-state index is 13.3. The number of thiazole rings is 1. The number of hydrogen-bond donors (Lipinski definition) is 3. The first-order valence-electron chi connectivity index (χ1n) is 13.1. The number of non-ortho nitro benzene ring substituents is 1. The van der Waals surface area contributed by atoms with Gasteiger partial charge in [-0.15, -0.1) is 34.9 Å². The van der Waals surface area contributed by atoms with Gasteiger partial charge in [-0.3, -0.25) is 34.7 Å². The zero-order valence-corrected chi connectivity index (χ0v) is 26.4. The third-order valence-corrected chi connectivity index (χ3v) is 9.09. The van der Waals surface area contributed by atoms with Crippen LogP contribution < -0.4 is 10.6 Å². The van der Waals surface area contributed by atoms with E-state index in [0.29, 0.717) is 22.5 Å². The number of alkyl halides is 3. The molecule has 22 heteroatoms. The van der Waals surface area contributed by atoms with E-state index in [1.807, 2.05) is 0 Å². The van der Waals surface area contributed by atoms with Crippen molar-refractivity contribution in [3.05, 3.63) is 74.3 Å². The number of oxime groups is 1. The third-order valence-electron chi connectivity index (χ3n) is 6.24. The number of fused-ring (bicyclic) bond motifs is 1. The number of benzene rings is 1. The Labute approximate surface area is 279 Å². The van der Waals surface area contributed by atoms with Gasteiger partial charge in [-0.25, -0.2) is 14.6 Å². The number of halogens is 3. The molecule has 1 aromatic heterocycles. The van der Waals surface area contributed by atoms with E-state index in [2.05, 4.69) is 22.0 Å². The molecule has 3 N–H and O–H groups in total. The Hall–Kier alpha value is -4.96. The number of nitrogens with zero attached hydrogens (tertiary/aromatic N) is 4. The summed E-state index contributed by atoms with van der Waals surface area (Å²) in [6.07, 6.45) is -5.24. The van der Waals surface area contributed by atoms with Crippen molar-refractivity contribution in [1.82, 2.24) is 15.2 Å². The van der Waals surface area contributed by atoms with Crippen molar-refractivity contribution in [3.63, 3.8) is 0 Å². The van der Waals surface area contributed by atoms with Crippen LogP contribution in [0.1, 0.15) is 11.3 Å². The Morgan fingerprint density at radius 2 is 1.98 bits per heavy atom. The minimum absolute atomic E-state index is 0.179. The molecule has 1 unspecified atom stereocenters. The van der Waals surface area contributed by atoms with Gasteiger partial charge >= 0.3 is 24.0 Å². The number of nitro groups is 1. The number of nitrogens with one attached hydrogen (secondary N) is 2. The number of carboxylic acid groups (broad SMARTS) is 1. The monoisotopic (exact) mass is 730 g/mol. The fourth-order valence-electron chi connectivity index (χ4n) is 4.04. The largest absolute Gasteiger partial charge is 0.477 e. The minimum Gasteiger partial charge on any atom is -0.477 e. The Bertz CT molecular complexity index is 1710. The topological polar surface area (TPSA) is 220 Å². The Morgan fingerprint density at radius 1 is 1.27 bits per heavy atom. The zero-order chi connectivity index (χ0) is 35.2. The number of ether oxygens (including phenoxy) is 1. The molecule has 16 nitrogen and oxygen atoms in total. The van der Waals surface area contributed by atoms with E-state index >= 15 is 0 Å². The molecule has 0 radical (unpaired) electrons. The molecule has 0 saturated carbocycles. The molecule has 48 heavy (non-hydrogen) atoms. The maximum Gasteiger partial charge on any atom is 0.471 e. The van der Waals surface area contributed by atoms with Crippen molar-refractivity contribution in [1.29, 1.82) is 0 Å². The zero-order valence-electron chi connectivity index (χ0n) is 23.9. The van der Waals surface area contributed by atoms with E-state index in [-0.39, 0.29) is 29.5 Å². The van der Waals surface area contributed by atoms with Crippen LogP contribution in [0.4, 0.5) is 24.0 Å². The summed E-state index contributed by atoms with van der Waals surface area (Å²) >= 11 is 2.92. The van der Waals surface area contributed by atoms with E-state index in [4.69, 9.17) is 9.57 Å². The number of thioether (sulfide) groups is 2. The van der Waals surface area contributed by atoms with Crippen LogP contribution in [-0.4, -0.2) is 91.0 Å². The number of anilines is 1. The van der Waals surface area contributed by atoms with Crippen LogP contribution >= 0.6 is 34.9 Å². The average molecular weight is 731 g/mol. The Morgan fingerprint density at radius 3 is 2.60 bits per heavy atom. The lowest BCUT2D eigenvalue weighted by Gasteiger charge is -2.49. The molecular weight excluding hydrogens is 710 g/mol. The highest BCUT2D eigenvalue weighted by Gasteiger charge is 2.54. The summed E-state index contributed by atoms with van der Waals surface area (Å²) < 4.78 is 43.2. The summed E-state index contributed by atoms with van der Waals surface area (Å²) in [6.45, 7) is 2.39. The van der Waals surface area contributed by atoms with E-state index in [0.717, 1.165) is 10.3 Å². The first-order valence-corrected chi connectivity index (χ1v) is 16.0. The van der Waals surface area contributed by atoms with Crippen molar-refractivity contribution in [3.8, 4) is 0 Å². The molecule has 0 spiro atoms. The normalized spacial score (nSPS) is 17.5. The molecule has 2 aliphatic rings. The van der Waals surface area contributed by atoms with E-state index in [9.17, 15) is 52.4 Å². The van der Waals surface area contributed by atoms with Crippen molar-refractivity contribution in [2.75, 3.05) is 23.4 Å². The number of amides is 3. The van der Waals surface area contributed by atoms with Gasteiger partial charge in [-0.1, -0.05) is 11.7 Å². The molecule has 2 aliphatic heterocycles. The lowest BCUT2D eigenvalue weighted by molar-refractivity contribution is -0.384. The molecule has 0 bridgehead atoms. The first-order chi connectivity index (χ1) is 22.7. The second kappa shape index (κ2) is 15.3. The Balaban J connectivity index is 1.48. The molecule has 254 valence electrons. The summed E-state index contributed by atoms with van der Waals surface area (Å²) in [5, 5.41) is 29.2. The molecule has 2 atom stereocenters. The SMILES string of the molecule is C=CSCC1=C(C(=O)O)N2C(=O)C(NC(=O)C(=NOCC(=O)OCc3ccc([N+](=O)[O-])cc3)c3csc(NC(=O)C(F)(F)F)n3)[C@@H]2SC1. The maximum atomic E-state index is 13.3. The number of carboxylic acids is 1. The third kappa shape index (κ3) is 8.49. The quantitative estimate of drug-likeness (QED) is 0.0838. The molecule has 1 fully saturated rings. The van der Waals surface area contributed by atoms with E-state index in [1.54, 1.807) is 0 Å². The van der Waals surface area contributed by atoms with Crippen molar-refractivity contribution < 1.29 is 56.7 Å². The number of aromatic nitrogens is 1. The number of β-lactam (4-membered cyclic amide) rings is 1. The molecule has 3 amide bonds. The molecule has 0 aliphatic carbocycles. The van der Waals surface area contributed by atoms with Crippen LogP contribution in [-0.2, 0) is 40.2 Å². The van der Waals surface area contributed by atoms with E-state index in [1.165, 1.54) is 58.5 Å². The molecule has 4 rings (SSSR count). The number of carbonyl (C=O) groups is 5. The molecule has 1 saturated heterocycles. The number of aliphatic carboxylic acids is 1. The van der Waals surface area contributed by atoms with Crippen molar-refractivity contribution in [2.24, 2.45) is 5.16 Å². The van der Waals surface area contributed by atoms with Crippen molar-refractivity contribution in [2.45, 2.75) is 24.2 Å². The minimum atomic E-state index is -5.24. The second-order valence-corrected chi connectivity index (χ2v) is 12.3. The first kappa shape index (κ1) is 35.9. The van der Waals surface area contributed by atoms with Gasteiger partial charge < -0.3 is 20.0 Å². The highest BCUT2D eigenvalue weighted by molar-refractivity contribution is 8.02. The van der Waals surface area contributed by atoms with Gasteiger partial charge in [0, 0.05) is 29.0 Å². The number of nitro benzene ring substituents is 1. The van der Waals surface area contributed by atoms with Gasteiger partial charge in [0.25, 0.3) is 17.5 Å². The summed E-state index contributed by atoms with van der Waals surface area (Å²) in [7, 11) is 0. The number of hydrogen-bond acceptors (Lipinski definition) is 14. The lowest BCUT2D eigenvalue weighted by atomic mass is 10.0. The fraction of sp³-hybridized carbons (Fsp3) is 0.269. The molecular formula is C26H21F3N6O10S3. The average Bonchev–Trinajstić information content (AvgIpc) is 3.50. The second-order valence-electron chi connectivity index (χ2n) is 9.38. The molecule has 3 heterocycles. The molecule has 2 aromatic rings. The van der Waals surface area contributed by atoms with Crippen LogP contribution in [0.2, 0.25) is 0 Å². The van der Waals surface area contributed by atoms with Gasteiger partial charge in [-0.2, -0.15) is 13.2 Å². The summed E-state index contributed by atoms with van der Waals surface area (Å²) in [5.74, 6) is -6.05. The summed E-state index contributed by atoms with van der Waals surface area (Å²) in [6, 6.07) is 3.87. The van der Waals surface area contributed by atoms with Gasteiger partial charge in [0.15, 0.2) is 10.8 Å². The number of rotatable bonds is 14. The summed E-state index contributed by atoms with van der Waals surface area (Å²) in [5.41, 5.74) is -0.631. The van der Waals surface area contributed by atoms with Gasteiger partial charge in [0.05, 0.1) is 4.92 Å². The predicted molar refractivity (Wildman–Crippen MR) is 165 cm³/mol.